The molecular formula is C22H27N5O3. The average molecular weight is 409 g/mol. The molecule has 4 aliphatic carbocycles. The van der Waals surface area contributed by atoms with E-state index in [0.717, 1.165) is 38.5 Å². The van der Waals surface area contributed by atoms with Crippen molar-refractivity contribution < 1.29 is 14.3 Å². The van der Waals surface area contributed by atoms with Crippen molar-refractivity contribution in [3.05, 3.63) is 23.9 Å². The molecule has 6 rings (SSSR count). The largest absolute Gasteiger partial charge is 0.446 e. The number of rotatable bonds is 4. The molecule has 2 unspecified atom stereocenters. The first-order valence-electron chi connectivity index (χ1n) is 10.8. The molecule has 5 fully saturated rings. The number of aromatic nitrogens is 1. The minimum atomic E-state index is -0.365. The van der Waals surface area contributed by atoms with Crippen LogP contribution in [-0.2, 0) is 9.53 Å². The summed E-state index contributed by atoms with van der Waals surface area (Å²) in [6.45, 7) is 1.21. The highest BCUT2D eigenvalue weighted by Crippen LogP contribution is 2.60. The van der Waals surface area contributed by atoms with Gasteiger partial charge >= 0.3 is 6.09 Å². The van der Waals surface area contributed by atoms with Crippen LogP contribution in [0.2, 0.25) is 0 Å². The van der Waals surface area contributed by atoms with E-state index in [2.05, 4.69) is 16.4 Å². The highest BCUT2D eigenvalue weighted by molar-refractivity contribution is 5.81. The second-order valence-electron chi connectivity index (χ2n) is 9.58. The van der Waals surface area contributed by atoms with Crippen molar-refractivity contribution in [1.29, 1.82) is 5.26 Å². The summed E-state index contributed by atoms with van der Waals surface area (Å²) in [5.74, 6) is 1.59. The number of likely N-dealkylation sites (tertiary alicyclic amines) is 1. The van der Waals surface area contributed by atoms with Crippen LogP contribution < -0.4 is 11.1 Å². The number of carbonyl (C=O) groups excluding carboxylic acids is 2. The maximum absolute atomic E-state index is 12.9. The zero-order valence-corrected chi connectivity index (χ0v) is 16.9. The van der Waals surface area contributed by atoms with Crippen molar-refractivity contribution >= 4 is 17.8 Å². The number of hydrogen-bond donors (Lipinski definition) is 2. The van der Waals surface area contributed by atoms with Crippen molar-refractivity contribution in [1.82, 2.24) is 9.88 Å². The summed E-state index contributed by atoms with van der Waals surface area (Å²) < 4.78 is 6.02. The molecule has 4 saturated carbocycles. The molecule has 5 aliphatic rings. The fourth-order valence-corrected chi connectivity index (χ4v) is 6.46. The second kappa shape index (κ2) is 7.15. The molecule has 1 aromatic rings. The number of nitrogens with one attached hydrogen (secondary N) is 1. The molecular weight excluding hydrogens is 382 g/mol. The number of pyridine rings is 1. The standard InChI is InChI=1S/C22H27N5O3/c23-10-13-1-2-18(25-11-13)26-17-3-4-27(12-17)21(29)30-19-15-5-14-6-16(19)9-22(7-14,8-15)20(24)28/h1-2,11,14-17,19H,3-9,12H2,(H2,24,28)(H,25,26)/t14?,15?,16?,17-,19?,22?/m0/s1. The van der Waals surface area contributed by atoms with Crippen LogP contribution in [0, 0.1) is 34.5 Å². The maximum Gasteiger partial charge on any atom is 0.410 e. The van der Waals surface area contributed by atoms with E-state index >= 15 is 0 Å². The molecule has 4 bridgehead atoms. The number of hydrogen-bond acceptors (Lipinski definition) is 6. The third kappa shape index (κ3) is 3.26. The lowest BCUT2D eigenvalue weighted by molar-refractivity contribution is -0.161. The van der Waals surface area contributed by atoms with Crippen molar-refractivity contribution in [2.75, 3.05) is 18.4 Å². The molecule has 30 heavy (non-hydrogen) atoms. The lowest BCUT2D eigenvalue weighted by Gasteiger charge is -2.58. The van der Waals surface area contributed by atoms with Crippen LogP contribution in [0.5, 0.6) is 0 Å². The van der Waals surface area contributed by atoms with Crippen molar-refractivity contribution in [2.24, 2.45) is 28.9 Å². The summed E-state index contributed by atoms with van der Waals surface area (Å²) in [5.41, 5.74) is 5.90. The minimum absolute atomic E-state index is 0.0891. The van der Waals surface area contributed by atoms with Crippen LogP contribution in [-0.4, -0.2) is 47.1 Å². The number of nitrogens with zero attached hydrogens (tertiary/aromatic N) is 3. The summed E-state index contributed by atoms with van der Waals surface area (Å²) in [6.07, 6.45) is 6.54. The van der Waals surface area contributed by atoms with Gasteiger partial charge in [0, 0.05) is 25.3 Å². The van der Waals surface area contributed by atoms with Crippen LogP contribution in [0.1, 0.15) is 44.1 Å². The third-order valence-corrected chi connectivity index (χ3v) is 7.64. The molecule has 3 N–H and O–H groups in total. The van der Waals surface area contributed by atoms with Gasteiger partial charge in [0.2, 0.25) is 5.91 Å². The van der Waals surface area contributed by atoms with Gasteiger partial charge in [-0.15, -0.1) is 0 Å². The number of anilines is 1. The number of nitriles is 1. The van der Waals surface area contributed by atoms with Crippen LogP contribution >= 0.6 is 0 Å². The number of carbonyl (C=O) groups is 2. The smallest absolute Gasteiger partial charge is 0.410 e. The van der Waals surface area contributed by atoms with E-state index in [4.69, 9.17) is 15.7 Å². The Morgan fingerprint density at radius 2 is 2.03 bits per heavy atom. The lowest BCUT2D eigenvalue weighted by Crippen LogP contribution is -2.59. The Balaban J connectivity index is 1.18. The summed E-state index contributed by atoms with van der Waals surface area (Å²) >= 11 is 0. The van der Waals surface area contributed by atoms with Gasteiger partial charge in [-0.05, 0) is 68.4 Å². The van der Waals surface area contributed by atoms with Crippen LogP contribution in [0.15, 0.2) is 18.3 Å². The fourth-order valence-electron chi connectivity index (χ4n) is 6.46. The highest BCUT2D eigenvalue weighted by Gasteiger charge is 2.59. The second-order valence-corrected chi connectivity index (χ2v) is 9.58. The first-order chi connectivity index (χ1) is 14.5. The Hall–Kier alpha value is -2.82. The Morgan fingerprint density at radius 1 is 1.27 bits per heavy atom. The molecule has 3 atom stereocenters. The van der Waals surface area contributed by atoms with Crippen LogP contribution in [0.25, 0.3) is 0 Å². The van der Waals surface area contributed by atoms with E-state index in [-0.39, 0.29) is 41.4 Å². The van der Waals surface area contributed by atoms with E-state index in [9.17, 15) is 9.59 Å². The van der Waals surface area contributed by atoms with Gasteiger partial charge in [-0.2, -0.15) is 5.26 Å². The Kier molecular flexibility index (Phi) is 4.57. The summed E-state index contributed by atoms with van der Waals surface area (Å²) in [6, 6.07) is 5.66. The molecule has 2 heterocycles. The van der Waals surface area contributed by atoms with Crippen LogP contribution in [0.4, 0.5) is 10.6 Å². The van der Waals surface area contributed by atoms with E-state index < -0.39 is 0 Å². The molecule has 0 radical (unpaired) electrons. The van der Waals surface area contributed by atoms with E-state index in [0.29, 0.717) is 30.4 Å². The monoisotopic (exact) mass is 409 g/mol. The molecule has 2 amide bonds. The molecule has 1 saturated heterocycles. The third-order valence-electron chi connectivity index (χ3n) is 7.64. The van der Waals surface area contributed by atoms with E-state index in [1.165, 1.54) is 6.20 Å². The van der Waals surface area contributed by atoms with Gasteiger partial charge in [-0.3, -0.25) is 4.79 Å². The molecule has 8 heteroatoms. The van der Waals surface area contributed by atoms with Crippen LogP contribution in [0.3, 0.4) is 0 Å². The summed E-state index contributed by atoms with van der Waals surface area (Å²) in [7, 11) is 0. The van der Waals surface area contributed by atoms with Gasteiger partial charge in [-0.25, -0.2) is 9.78 Å². The number of nitrogens with two attached hydrogens (primary N) is 1. The normalized spacial score (nSPS) is 36.4. The Morgan fingerprint density at radius 3 is 2.67 bits per heavy atom. The molecule has 0 spiro atoms. The first kappa shape index (κ1) is 19.2. The number of amides is 2. The van der Waals surface area contributed by atoms with Gasteiger partial charge in [0.25, 0.3) is 0 Å². The fraction of sp³-hybridized carbons (Fsp3) is 0.636. The van der Waals surface area contributed by atoms with Gasteiger partial charge in [0.1, 0.15) is 18.0 Å². The Labute approximate surface area is 175 Å². The summed E-state index contributed by atoms with van der Waals surface area (Å²) in [4.78, 5) is 31.0. The molecule has 0 aromatic carbocycles. The summed E-state index contributed by atoms with van der Waals surface area (Å²) in [5, 5.41) is 12.2. The average Bonchev–Trinajstić information content (AvgIpc) is 3.19. The maximum atomic E-state index is 12.9. The lowest BCUT2D eigenvalue weighted by atomic mass is 9.48. The number of primary amides is 1. The van der Waals surface area contributed by atoms with Gasteiger partial charge in [0.05, 0.1) is 11.0 Å². The van der Waals surface area contributed by atoms with Crippen molar-refractivity contribution in [2.45, 2.75) is 50.7 Å². The number of ether oxygens (including phenoxy) is 1. The highest BCUT2D eigenvalue weighted by atomic mass is 16.6. The van der Waals surface area contributed by atoms with Gasteiger partial charge in [0.15, 0.2) is 0 Å². The van der Waals surface area contributed by atoms with Crippen molar-refractivity contribution in [3.8, 4) is 6.07 Å². The van der Waals surface area contributed by atoms with E-state index in [1.807, 2.05) is 0 Å². The van der Waals surface area contributed by atoms with Gasteiger partial charge < -0.3 is 20.7 Å². The van der Waals surface area contributed by atoms with Gasteiger partial charge in [-0.1, -0.05) is 0 Å². The molecule has 158 valence electrons. The quantitative estimate of drug-likeness (QED) is 0.787. The predicted octanol–water partition coefficient (Wildman–Crippen LogP) is 2.26. The molecule has 1 aliphatic heterocycles. The zero-order valence-electron chi connectivity index (χ0n) is 16.9. The topological polar surface area (TPSA) is 121 Å². The Bertz CT molecular complexity index is 879. The first-order valence-corrected chi connectivity index (χ1v) is 10.8. The SMILES string of the molecule is N#Cc1ccc(N[C@H]2CCN(C(=O)OC3C4CC5CC3CC(C(N)=O)(C5)C4)C2)nc1. The molecule has 8 nitrogen and oxygen atoms in total. The minimum Gasteiger partial charge on any atom is -0.446 e. The zero-order chi connectivity index (χ0) is 20.9. The van der Waals surface area contributed by atoms with Crippen molar-refractivity contribution in [3.63, 3.8) is 0 Å². The predicted molar refractivity (Wildman–Crippen MR) is 108 cm³/mol. The van der Waals surface area contributed by atoms with E-state index in [1.54, 1.807) is 17.0 Å². The molecule has 1 aromatic heterocycles.